The number of imidazole rings is 1. The number of hydrogen-bond donors (Lipinski definition) is 0. The topological polar surface area (TPSA) is 62.6 Å². The molecule has 0 bridgehead atoms. The van der Waals surface area contributed by atoms with E-state index in [0.717, 1.165) is 11.3 Å². The van der Waals surface area contributed by atoms with Gasteiger partial charge < -0.3 is 18.8 Å². The van der Waals surface area contributed by atoms with Gasteiger partial charge in [-0.25, -0.2) is 9.78 Å². The number of carbonyl (C=O) groups excluding carboxylic acids is 1. The molecular formula is C18H19ClN2O4. The number of benzene rings is 1. The highest BCUT2D eigenvalue weighted by atomic mass is 35.5. The lowest BCUT2D eigenvalue weighted by Gasteiger charge is -2.33. The number of fused-ring (bicyclic) bond motifs is 1. The van der Waals surface area contributed by atoms with Crippen LogP contribution in [-0.4, -0.2) is 41.1 Å². The van der Waals surface area contributed by atoms with Crippen molar-refractivity contribution in [3.63, 3.8) is 0 Å². The fraction of sp³-hybridized carbons (Fsp3) is 0.444. The van der Waals surface area contributed by atoms with Crippen molar-refractivity contribution in [3.8, 4) is 11.4 Å². The van der Waals surface area contributed by atoms with Crippen LogP contribution in [0.2, 0.25) is 5.02 Å². The fourth-order valence-electron chi connectivity index (χ4n) is 3.48. The highest BCUT2D eigenvalue weighted by Gasteiger charge is 2.42. The molecule has 132 valence electrons. The molecule has 1 fully saturated rings. The van der Waals surface area contributed by atoms with E-state index in [1.165, 1.54) is 0 Å². The van der Waals surface area contributed by atoms with Gasteiger partial charge in [-0.2, -0.15) is 0 Å². The van der Waals surface area contributed by atoms with E-state index in [9.17, 15) is 4.79 Å². The Bertz CT molecular complexity index is 811. The summed E-state index contributed by atoms with van der Waals surface area (Å²) in [6.45, 7) is 3.76. The van der Waals surface area contributed by atoms with Gasteiger partial charge in [0.1, 0.15) is 5.82 Å². The molecule has 1 spiro atoms. The van der Waals surface area contributed by atoms with Crippen LogP contribution in [0.4, 0.5) is 0 Å². The minimum atomic E-state index is -0.632. The molecule has 1 aromatic carbocycles. The number of ether oxygens (including phenoxy) is 3. The first-order valence-corrected chi connectivity index (χ1v) is 8.80. The maximum Gasteiger partial charge on any atom is 0.358 e. The van der Waals surface area contributed by atoms with Gasteiger partial charge in [0.05, 0.1) is 32.1 Å². The van der Waals surface area contributed by atoms with E-state index in [1.807, 2.05) is 28.8 Å². The van der Waals surface area contributed by atoms with Gasteiger partial charge in [-0.15, -0.1) is 0 Å². The Kier molecular flexibility index (Phi) is 4.27. The summed E-state index contributed by atoms with van der Waals surface area (Å²) in [5.41, 5.74) is 2.07. The van der Waals surface area contributed by atoms with E-state index in [1.54, 1.807) is 6.92 Å². The second kappa shape index (κ2) is 6.44. The summed E-state index contributed by atoms with van der Waals surface area (Å²) in [5, 5.41) is 0.617. The molecule has 0 N–H and O–H groups in total. The van der Waals surface area contributed by atoms with Gasteiger partial charge in [0.15, 0.2) is 11.5 Å². The lowest BCUT2D eigenvalue weighted by Crippen LogP contribution is -2.40. The molecule has 6 nitrogen and oxygen atoms in total. The van der Waals surface area contributed by atoms with Crippen LogP contribution in [0.25, 0.3) is 11.4 Å². The van der Waals surface area contributed by atoms with E-state index in [0.29, 0.717) is 55.7 Å². The quantitative estimate of drug-likeness (QED) is 0.785. The molecule has 2 aliphatic rings. The molecule has 1 aromatic heterocycles. The van der Waals surface area contributed by atoms with Crippen molar-refractivity contribution >= 4 is 17.6 Å². The lowest BCUT2D eigenvalue weighted by atomic mass is 10.0. The first-order chi connectivity index (χ1) is 12.1. The summed E-state index contributed by atoms with van der Waals surface area (Å²) in [6, 6.07) is 7.43. The Labute approximate surface area is 150 Å². The van der Waals surface area contributed by atoms with Gasteiger partial charge in [0, 0.05) is 17.0 Å². The first-order valence-electron chi connectivity index (χ1n) is 8.42. The molecule has 0 aliphatic carbocycles. The van der Waals surface area contributed by atoms with E-state index >= 15 is 0 Å². The molecule has 1 saturated heterocycles. The highest BCUT2D eigenvalue weighted by molar-refractivity contribution is 6.30. The maximum atomic E-state index is 12.4. The SMILES string of the molecule is CCOC(=O)c1nc(-c2cccc(Cl)c2)n2c1CCC1(C2)OCCO1. The summed E-state index contributed by atoms with van der Waals surface area (Å²) in [5.74, 6) is -0.352. The number of esters is 1. The molecule has 0 amide bonds. The minimum absolute atomic E-state index is 0.313. The van der Waals surface area contributed by atoms with Gasteiger partial charge in [-0.3, -0.25) is 0 Å². The monoisotopic (exact) mass is 362 g/mol. The zero-order valence-corrected chi connectivity index (χ0v) is 14.7. The van der Waals surface area contributed by atoms with Crippen molar-refractivity contribution < 1.29 is 19.0 Å². The molecule has 0 saturated carbocycles. The summed E-state index contributed by atoms with van der Waals surface area (Å²) < 4.78 is 18.9. The summed E-state index contributed by atoms with van der Waals surface area (Å²) in [4.78, 5) is 16.9. The predicted molar refractivity (Wildman–Crippen MR) is 91.6 cm³/mol. The smallest absolute Gasteiger partial charge is 0.358 e. The van der Waals surface area contributed by atoms with E-state index < -0.39 is 11.8 Å². The zero-order valence-electron chi connectivity index (χ0n) is 14.0. The van der Waals surface area contributed by atoms with Crippen molar-refractivity contribution in [2.75, 3.05) is 19.8 Å². The summed E-state index contributed by atoms with van der Waals surface area (Å²) >= 11 is 6.14. The second-order valence-electron chi connectivity index (χ2n) is 6.16. The van der Waals surface area contributed by atoms with Crippen molar-refractivity contribution in [2.24, 2.45) is 0 Å². The number of halogens is 1. The molecule has 7 heteroatoms. The van der Waals surface area contributed by atoms with Crippen LogP contribution >= 0.6 is 11.6 Å². The normalized spacial score (nSPS) is 18.3. The van der Waals surface area contributed by atoms with Crippen LogP contribution in [0.3, 0.4) is 0 Å². The predicted octanol–water partition coefficient (Wildman–Crippen LogP) is 3.07. The molecule has 25 heavy (non-hydrogen) atoms. The molecular weight excluding hydrogens is 344 g/mol. The molecule has 2 aromatic rings. The number of nitrogens with zero attached hydrogens (tertiary/aromatic N) is 2. The molecule has 0 atom stereocenters. The van der Waals surface area contributed by atoms with Crippen molar-refractivity contribution in [1.82, 2.24) is 9.55 Å². The van der Waals surface area contributed by atoms with Crippen LogP contribution in [0, 0.1) is 0 Å². The molecule has 0 radical (unpaired) electrons. The molecule has 2 aliphatic heterocycles. The third kappa shape index (κ3) is 2.94. The number of carbonyl (C=O) groups is 1. The third-order valence-electron chi connectivity index (χ3n) is 4.58. The van der Waals surface area contributed by atoms with E-state index in [-0.39, 0.29) is 0 Å². The maximum absolute atomic E-state index is 12.4. The average molecular weight is 363 g/mol. The van der Waals surface area contributed by atoms with Gasteiger partial charge in [0.25, 0.3) is 0 Å². The third-order valence-corrected chi connectivity index (χ3v) is 4.81. The van der Waals surface area contributed by atoms with E-state index in [2.05, 4.69) is 4.98 Å². The first kappa shape index (κ1) is 16.6. The van der Waals surface area contributed by atoms with Crippen LogP contribution in [0.1, 0.15) is 29.5 Å². The Morgan fingerprint density at radius 2 is 2.20 bits per heavy atom. The zero-order chi connectivity index (χ0) is 17.4. The van der Waals surface area contributed by atoms with Gasteiger partial charge >= 0.3 is 5.97 Å². The Morgan fingerprint density at radius 1 is 1.40 bits per heavy atom. The summed E-state index contributed by atoms with van der Waals surface area (Å²) in [6.07, 6.45) is 1.34. The van der Waals surface area contributed by atoms with Gasteiger partial charge in [-0.1, -0.05) is 23.7 Å². The van der Waals surface area contributed by atoms with Crippen molar-refractivity contribution in [1.29, 1.82) is 0 Å². The van der Waals surface area contributed by atoms with Crippen LogP contribution in [0.5, 0.6) is 0 Å². The Hall–Kier alpha value is -1.89. The van der Waals surface area contributed by atoms with Crippen molar-refractivity contribution in [3.05, 3.63) is 40.7 Å². The van der Waals surface area contributed by atoms with E-state index in [4.69, 9.17) is 25.8 Å². The Morgan fingerprint density at radius 3 is 2.92 bits per heavy atom. The fourth-order valence-corrected chi connectivity index (χ4v) is 3.67. The molecule has 0 unspecified atom stereocenters. The minimum Gasteiger partial charge on any atom is -0.461 e. The lowest BCUT2D eigenvalue weighted by molar-refractivity contribution is -0.177. The Balaban J connectivity index is 1.82. The summed E-state index contributed by atoms with van der Waals surface area (Å²) in [7, 11) is 0. The highest BCUT2D eigenvalue weighted by Crippen LogP contribution is 2.36. The number of hydrogen-bond acceptors (Lipinski definition) is 5. The van der Waals surface area contributed by atoms with Crippen LogP contribution < -0.4 is 0 Å². The number of rotatable bonds is 3. The second-order valence-corrected chi connectivity index (χ2v) is 6.59. The average Bonchev–Trinajstić information content (AvgIpc) is 3.20. The number of aromatic nitrogens is 2. The van der Waals surface area contributed by atoms with Gasteiger partial charge in [0.2, 0.25) is 0 Å². The van der Waals surface area contributed by atoms with Crippen LogP contribution in [-0.2, 0) is 27.2 Å². The standard InChI is InChI=1S/C18H19ClN2O4/c1-2-23-17(22)15-14-6-7-18(24-8-9-25-18)11-21(14)16(20-15)12-4-3-5-13(19)10-12/h3-5,10H,2,6-9,11H2,1H3. The largest absolute Gasteiger partial charge is 0.461 e. The molecule has 4 rings (SSSR count). The molecule has 3 heterocycles. The van der Waals surface area contributed by atoms with Crippen LogP contribution in [0.15, 0.2) is 24.3 Å². The van der Waals surface area contributed by atoms with Crippen molar-refractivity contribution in [2.45, 2.75) is 32.1 Å². The van der Waals surface area contributed by atoms with Gasteiger partial charge in [-0.05, 0) is 25.5 Å².